The molecule has 0 bridgehead atoms. The van der Waals surface area contributed by atoms with Gasteiger partial charge >= 0.3 is 0 Å². The third-order valence-electron chi connectivity index (χ3n) is 3.25. The molecule has 116 valence electrons. The summed E-state index contributed by atoms with van der Waals surface area (Å²) in [6, 6.07) is 5.22. The second kappa shape index (κ2) is 6.40. The first kappa shape index (κ1) is 15.7. The van der Waals surface area contributed by atoms with E-state index in [1.807, 2.05) is 0 Å². The van der Waals surface area contributed by atoms with Gasteiger partial charge in [0.25, 0.3) is 11.8 Å². The maximum Gasteiger partial charge on any atom is 0.277 e. The summed E-state index contributed by atoms with van der Waals surface area (Å²) < 4.78 is 0. The second-order valence-electron chi connectivity index (χ2n) is 4.86. The molecule has 0 unspecified atom stereocenters. The van der Waals surface area contributed by atoms with Gasteiger partial charge in [-0.3, -0.25) is 19.3 Å². The molecule has 0 aromatic heterocycles. The monoisotopic (exact) mass is 303 g/mol. The Morgan fingerprint density at radius 2 is 1.95 bits per heavy atom. The van der Waals surface area contributed by atoms with Gasteiger partial charge in [-0.25, -0.2) is 0 Å². The fraction of sp³-hybridized carbons (Fsp3) is 0.267. The highest BCUT2D eigenvalue weighted by Crippen LogP contribution is 2.26. The highest BCUT2D eigenvalue weighted by Gasteiger charge is 2.30. The number of hydrogen-bond donors (Lipinski definition) is 3. The van der Waals surface area contributed by atoms with E-state index in [1.165, 1.54) is 13.0 Å². The van der Waals surface area contributed by atoms with Crippen LogP contribution in [0.1, 0.15) is 12.5 Å². The molecule has 7 heteroatoms. The van der Waals surface area contributed by atoms with Gasteiger partial charge in [0.1, 0.15) is 5.70 Å². The number of aliphatic hydroxyl groups excluding tert-OH is 1. The van der Waals surface area contributed by atoms with Crippen molar-refractivity contribution in [3.05, 3.63) is 35.5 Å². The Balaban J connectivity index is 2.21. The van der Waals surface area contributed by atoms with E-state index in [1.54, 1.807) is 25.1 Å². The van der Waals surface area contributed by atoms with Crippen molar-refractivity contribution >= 4 is 29.1 Å². The molecular weight excluding hydrogens is 286 g/mol. The first-order valence-electron chi connectivity index (χ1n) is 6.76. The van der Waals surface area contributed by atoms with Crippen LogP contribution in [-0.4, -0.2) is 40.9 Å². The largest absolute Gasteiger partial charge is 0.395 e. The van der Waals surface area contributed by atoms with Gasteiger partial charge in [0, 0.05) is 24.4 Å². The highest BCUT2D eigenvalue weighted by molar-refractivity contribution is 6.17. The van der Waals surface area contributed by atoms with Crippen LogP contribution < -0.4 is 10.6 Å². The van der Waals surface area contributed by atoms with Crippen LogP contribution in [0.4, 0.5) is 11.4 Å². The molecule has 0 radical (unpaired) electrons. The molecule has 3 amide bonds. The van der Waals surface area contributed by atoms with Crippen LogP contribution in [0, 0.1) is 6.92 Å². The summed E-state index contributed by atoms with van der Waals surface area (Å²) in [4.78, 5) is 35.9. The van der Waals surface area contributed by atoms with E-state index in [9.17, 15) is 14.4 Å². The minimum atomic E-state index is -0.483. The van der Waals surface area contributed by atoms with Gasteiger partial charge in [0.2, 0.25) is 5.91 Å². The van der Waals surface area contributed by atoms with Crippen LogP contribution in [0.25, 0.3) is 0 Å². The molecule has 1 aromatic carbocycles. The number of rotatable bonds is 5. The molecular formula is C15H17N3O4. The Morgan fingerprint density at radius 1 is 1.27 bits per heavy atom. The summed E-state index contributed by atoms with van der Waals surface area (Å²) in [5.74, 6) is -1.14. The zero-order valence-electron chi connectivity index (χ0n) is 12.3. The number of β-amino-alcohol motifs (C(OH)–C–C–N with tert-alkyl or cyclic N) is 1. The van der Waals surface area contributed by atoms with Gasteiger partial charge < -0.3 is 15.7 Å². The van der Waals surface area contributed by atoms with Crippen LogP contribution in [0.15, 0.2) is 30.0 Å². The van der Waals surface area contributed by atoms with E-state index in [0.717, 1.165) is 10.5 Å². The van der Waals surface area contributed by atoms with Gasteiger partial charge in [-0.1, -0.05) is 6.07 Å². The van der Waals surface area contributed by atoms with E-state index in [4.69, 9.17) is 5.11 Å². The zero-order valence-corrected chi connectivity index (χ0v) is 12.3. The number of hydrogen-bond acceptors (Lipinski definition) is 5. The Morgan fingerprint density at radius 3 is 2.59 bits per heavy atom. The highest BCUT2D eigenvalue weighted by atomic mass is 16.3. The molecule has 0 atom stereocenters. The van der Waals surface area contributed by atoms with Gasteiger partial charge in [-0.05, 0) is 24.6 Å². The molecule has 0 saturated carbocycles. The van der Waals surface area contributed by atoms with E-state index in [2.05, 4.69) is 10.6 Å². The van der Waals surface area contributed by atoms with E-state index < -0.39 is 11.8 Å². The topological polar surface area (TPSA) is 98.7 Å². The van der Waals surface area contributed by atoms with Crippen molar-refractivity contribution in [2.45, 2.75) is 13.8 Å². The first-order chi connectivity index (χ1) is 10.4. The standard InChI is InChI=1S/C15H17N3O4/c1-9-11(16-10(2)20)4-3-5-12(9)17-13-8-14(21)18(6-7-19)15(13)22/h3-5,8,17,19H,6-7H2,1-2H3,(H,16,20). The minimum Gasteiger partial charge on any atom is -0.395 e. The maximum absolute atomic E-state index is 12.1. The second-order valence-corrected chi connectivity index (χ2v) is 4.86. The van der Waals surface area contributed by atoms with Gasteiger partial charge in [0.15, 0.2) is 0 Å². The number of carbonyl (C=O) groups excluding carboxylic acids is 3. The summed E-state index contributed by atoms with van der Waals surface area (Å²) in [7, 11) is 0. The zero-order chi connectivity index (χ0) is 16.3. The molecule has 1 heterocycles. The Bertz CT molecular complexity index is 667. The van der Waals surface area contributed by atoms with Crippen molar-refractivity contribution in [1.82, 2.24) is 4.90 Å². The minimum absolute atomic E-state index is 0.0374. The maximum atomic E-state index is 12.1. The SMILES string of the molecule is CC(=O)Nc1cccc(NC2=CC(=O)N(CCO)C2=O)c1C. The Hall–Kier alpha value is -2.67. The molecule has 0 fully saturated rings. The van der Waals surface area contributed by atoms with Crippen molar-refractivity contribution in [3.8, 4) is 0 Å². The Labute approximate surface area is 127 Å². The third kappa shape index (κ3) is 3.15. The normalized spacial score (nSPS) is 14.1. The quantitative estimate of drug-likeness (QED) is 0.692. The lowest BCUT2D eigenvalue weighted by Crippen LogP contribution is -2.34. The van der Waals surface area contributed by atoms with Gasteiger partial charge in [0.05, 0.1) is 13.2 Å². The molecule has 1 aromatic rings. The van der Waals surface area contributed by atoms with Gasteiger partial charge in [-0.15, -0.1) is 0 Å². The number of imide groups is 1. The molecule has 0 aliphatic carbocycles. The van der Waals surface area contributed by atoms with Crippen molar-refractivity contribution in [2.75, 3.05) is 23.8 Å². The summed E-state index contributed by atoms with van der Waals surface area (Å²) in [6.07, 6.45) is 1.20. The van der Waals surface area contributed by atoms with Crippen molar-refractivity contribution in [1.29, 1.82) is 0 Å². The predicted octanol–water partition coefficient (Wildman–Crippen LogP) is 0.610. The first-order valence-corrected chi connectivity index (χ1v) is 6.76. The fourth-order valence-electron chi connectivity index (χ4n) is 2.15. The van der Waals surface area contributed by atoms with E-state index in [-0.39, 0.29) is 24.8 Å². The number of amides is 3. The van der Waals surface area contributed by atoms with Crippen LogP contribution >= 0.6 is 0 Å². The number of nitrogens with one attached hydrogen (secondary N) is 2. The van der Waals surface area contributed by atoms with E-state index >= 15 is 0 Å². The van der Waals surface area contributed by atoms with Crippen molar-refractivity contribution in [2.24, 2.45) is 0 Å². The van der Waals surface area contributed by atoms with Gasteiger partial charge in [-0.2, -0.15) is 0 Å². The fourth-order valence-corrected chi connectivity index (χ4v) is 2.15. The lowest BCUT2D eigenvalue weighted by atomic mass is 10.1. The lowest BCUT2D eigenvalue weighted by Gasteiger charge is -2.15. The summed E-state index contributed by atoms with van der Waals surface area (Å²) in [5.41, 5.74) is 2.13. The predicted molar refractivity (Wildman–Crippen MR) is 81.0 cm³/mol. The van der Waals surface area contributed by atoms with Crippen LogP contribution in [0.3, 0.4) is 0 Å². The average Bonchev–Trinajstić information content (AvgIpc) is 2.71. The molecule has 1 aliphatic heterocycles. The molecule has 7 nitrogen and oxygen atoms in total. The number of aliphatic hydroxyl groups is 1. The summed E-state index contributed by atoms with van der Waals surface area (Å²) >= 11 is 0. The van der Waals surface area contributed by atoms with Crippen LogP contribution in [0.5, 0.6) is 0 Å². The molecule has 22 heavy (non-hydrogen) atoms. The number of nitrogens with zero attached hydrogens (tertiary/aromatic N) is 1. The molecule has 3 N–H and O–H groups in total. The Kier molecular flexibility index (Phi) is 4.57. The smallest absolute Gasteiger partial charge is 0.277 e. The van der Waals surface area contributed by atoms with Crippen LogP contribution in [-0.2, 0) is 14.4 Å². The summed E-state index contributed by atoms with van der Waals surface area (Å²) in [6.45, 7) is 2.88. The number of carbonyl (C=O) groups is 3. The number of anilines is 2. The molecule has 0 spiro atoms. The lowest BCUT2D eigenvalue weighted by molar-refractivity contribution is -0.137. The molecule has 0 saturated heterocycles. The average molecular weight is 303 g/mol. The molecule has 1 aliphatic rings. The van der Waals surface area contributed by atoms with Crippen LogP contribution in [0.2, 0.25) is 0 Å². The van der Waals surface area contributed by atoms with E-state index in [0.29, 0.717) is 11.4 Å². The van der Waals surface area contributed by atoms with Crippen molar-refractivity contribution in [3.63, 3.8) is 0 Å². The van der Waals surface area contributed by atoms with Crippen molar-refractivity contribution < 1.29 is 19.5 Å². The third-order valence-corrected chi connectivity index (χ3v) is 3.25. The number of benzene rings is 1. The molecule has 2 rings (SSSR count). The summed E-state index contributed by atoms with van der Waals surface area (Å²) in [5, 5.41) is 14.5.